The molecule has 1 N–H and O–H groups in total. The molecule has 0 unspecified atom stereocenters. The molecule has 88 valence electrons. The monoisotopic (exact) mass is 245 g/mol. The molecule has 1 atom stereocenters. The second-order valence-corrected chi connectivity index (χ2v) is 3.39. The van der Waals surface area contributed by atoms with Crippen LogP contribution in [0.5, 0.6) is 5.75 Å². The largest absolute Gasteiger partial charge is 0.490 e. The quantitative estimate of drug-likeness (QED) is 0.636. The standard InChI is InChI=1S/C9H11N3O3.ClH/c13-12(14)8-3-9(5-10-4-8)15-6-7-1-2-11-7;/h3-5,7,11H,1-2,6H2;1H/t7-;/m0./s1. The molecule has 0 aromatic carbocycles. The molecule has 1 aliphatic rings. The fourth-order valence-electron chi connectivity index (χ4n) is 1.27. The van der Waals surface area contributed by atoms with Crippen LogP contribution in [-0.2, 0) is 0 Å². The topological polar surface area (TPSA) is 77.3 Å². The summed E-state index contributed by atoms with van der Waals surface area (Å²) < 4.78 is 5.37. The number of nitrogens with one attached hydrogen (secondary N) is 1. The van der Waals surface area contributed by atoms with Crippen LogP contribution in [0.3, 0.4) is 0 Å². The molecule has 0 amide bonds. The van der Waals surface area contributed by atoms with E-state index in [0.29, 0.717) is 18.4 Å². The first kappa shape index (κ1) is 12.7. The number of hydrogen-bond acceptors (Lipinski definition) is 5. The maximum Gasteiger partial charge on any atom is 0.291 e. The van der Waals surface area contributed by atoms with Crippen LogP contribution in [-0.4, -0.2) is 29.1 Å². The summed E-state index contributed by atoms with van der Waals surface area (Å²) in [6.45, 7) is 1.55. The number of ether oxygens (including phenoxy) is 1. The zero-order valence-electron chi connectivity index (χ0n) is 8.46. The average molecular weight is 246 g/mol. The molecule has 0 saturated carbocycles. The van der Waals surface area contributed by atoms with Gasteiger partial charge in [0.15, 0.2) is 0 Å². The van der Waals surface area contributed by atoms with Gasteiger partial charge in [0.25, 0.3) is 5.69 Å². The Hall–Kier alpha value is -1.40. The number of nitro groups is 1. The lowest BCUT2D eigenvalue weighted by Crippen LogP contribution is -2.46. The lowest BCUT2D eigenvalue weighted by Gasteiger charge is -2.27. The van der Waals surface area contributed by atoms with Crippen molar-refractivity contribution in [3.05, 3.63) is 28.6 Å². The van der Waals surface area contributed by atoms with E-state index in [1.54, 1.807) is 0 Å². The Labute approximate surface area is 98.6 Å². The van der Waals surface area contributed by atoms with Crippen molar-refractivity contribution in [1.82, 2.24) is 10.3 Å². The van der Waals surface area contributed by atoms with Crippen LogP contribution >= 0.6 is 12.4 Å². The van der Waals surface area contributed by atoms with E-state index in [-0.39, 0.29) is 18.1 Å². The zero-order valence-corrected chi connectivity index (χ0v) is 9.27. The Bertz CT molecular complexity index is 371. The Kier molecular flexibility index (Phi) is 4.45. The van der Waals surface area contributed by atoms with Gasteiger partial charge in [-0.15, -0.1) is 12.4 Å². The van der Waals surface area contributed by atoms with Crippen molar-refractivity contribution >= 4 is 18.1 Å². The molecule has 0 radical (unpaired) electrons. The molecule has 7 heteroatoms. The molecule has 6 nitrogen and oxygen atoms in total. The van der Waals surface area contributed by atoms with E-state index < -0.39 is 4.92 Å². The van der Waals surface area contributed by atoms with E-state index in [4.69, 9.17) is 4.74 Å². The Morgan fingerprint density at radius 1 is 1.62 bits per heavy atom. The van der Waals surface area contributed by atoms with Gasteiger partial charge in [0.2, 0.25) is 0 Å². The maximum atomic E-state index is 10.5. The molecule has 1 aromatic rings. The minimum atomic E-state index is -0.485. The molecule has 1 aromatic heterocycles. The van der Waals surface area contributed by atoms with E-state index in [2.05, 4.69) is 10.3 Å². The summed E-state index contributed by atoms with van der Waals surface area (Å²) >= 11 is 0. The normalized spacial score (nSPS) is 18.1. The van der Waals surface area contributed by atoms with Gasteiger partial charge in [-0.25, -0.2) is 0 Å². The van der Waals surface area contributed by atoms with Gasteiger partial charge in [-0.05, 0) is 13.0 Å². The first-order valence-corrected chi connectivity index (χ1v) is 4.71. The third-order valence-corrected chi connectivity index (χ3v) is 2.29. The average Bonchev–Trinajstić information content (AvgIpc) is 2.16. The molecule has 1 saturated heterocycles. The van der Waals surface area contributed by atoms with E-state index in [0.717, 1.165) is 13.0 Å². The second kappa shape index (κ2) is 5.62. The van der Waals surface area contributed by atoms with Crippen molar-refractivity contribution in [2.24, 2.45) is 0 Å². The number of pyridine rings is 1. The van der Waals surface area contributed by atoms with Crippen LogP contribution in [0.2, 0.25) is 0 Å². The van der Waals surface area contributed by atoms with Gasteiger partial charge in [-0.1, -0.05) is 0 Å². The summed E-state index contributed by atoms with van der Waals surface area (Å²) in [5, 5.41) is 13.6. The van der Waals surface area contributed by atoms with Gasteiger partial charge in [0.05, 0.1) is 17.2 Å². The summed E-state index contributed by atoms with van der Waals surface area (Å²) in [5.74, 6) is 0.443. The van der Waals surface area contributed by atoms with Gasteiger partial charge < -0.3 is 10.1 Å². The van der Waals surface area contributed by atoms with E-state index in [9.17, 15) is 10.1 Å². The lowest BCUT2D eigenvalue weighted by molar-refractivity contribution is -0.385. The molecule has 2 rings (SSSR count). The van der Waals surface area contributed by atoms with Crippen molar-refractivity contribution in [1.29, 1.82) is 0 Å². The Morgan fingerprint density at radius 3 is 2.94 bits per heavy atom. The van der Waals surface area contributed by atoms with Crippen molar-refractivity contribution in [3.63, 3.8) is 0 Å². The molecule has 0 spiro atoms. The van der Waals surface area contributed by atoms with Crippen molar-refractivity contribution in [2.45, 2.75) is 12.5 Å². The predicted octanol–water partition coefficient (Wildman–Crippen LogP) is 1.15. The van der Waals surface area contributed by atoms with Crippen LogP contribution in [0, 0.1) is 10.1 Å². The van der Waals surface area contributed by atoms with Crippen molar-refractivity contribution in [2.75, 3.05) is 13.2 Å². The predicted molar refractivity (Wildman–Crippen MR) is 60.0 cm³/mol. The Morgan fingerprint density at radius 2 is 2.38 bits per heavy atom. The highest BCUT2D eigenvalue weighted by atomic mass is 35.5. The van der Waals surface area contributed by atoms with Gasteiger partial charge >= 0.3 is 0 Å². The molecule has 1 aliphatic heterocycles. The highest BCUT2D eigenvalue weighted by Gasteiger charge is 2.17. The summed E-state index contributed by atoms with van der Waals surface area (Å²) in [6.07, 6.45) is 3.77. The second-order valence-electron chi connectivity index (χ2n) is 3.39. The number of aromatic nitrogens is 1. The van der Waals surface area contributed by atoms with Gasteiger partial charge in [-0.2, -0.15) is 0 Å². The highest BCUT2D eigenvalue weighted by molar-refractivity contribution is 5.85. The van der Waals surface area contributed by atoms with E-state index in [1.807, 2.05) is 0 Å². The van der Waals surface area contributed by atoms with Crippen LogP contribution in [0.25, 0.3) is 0 Å². The fraction of sp³-hybridized carbons (Fsp3) is 0.444. The molecule has 0 bridgehead atoms. The zero-order chi connectivity index (χ0) is 10.7. The molecular formula is C9H12ClN3O3. The summed E-state index contributed by atoms with van der Waals surface area (Å²) in [5.41, 5.74) is -0.0472. The smallest absolute Gasteiger partial charge is 0.291 e. The van der Waals surface area contributed by atoms with E-state index >= 15 is 0 Å². The summed E-state index contributed by atoms with van der Waals surface area (Å²) in [7, 11) is 0. The maximum absolute atomic E-state index is 10.5. The van der Waals surface area contributed by atoms with E-state index in [1.165, 1.54) is 18.5 Å². The van der Waals surface area contributed by atoms with Crippen molar-refractivity contribution in [3.8, 4) is 5.75 Å². The van der Waals surface area contributed by atoms with Gasteiger partial charge in [-0.3, -0.25) is 15.1 Å². The molecular weight excluding hydrogens is 234 g/mol. The first-order valence-electron chi connectivity index (χ1n) is 4.71. The van der Waals surface area contributed by atoms with Crippen LogP contribution in [0.4, 0.5) is 5.69 Å². The minimum Gasteiger partial charge on any atom is -0.490 e. The van der Waals surface area contributed by atoms with Crippen LogP contribution in [0.1, 0.15) is 6.42 Å². The SMILES string of the molecule is Cl.O=[N+]([O-])c1cncc(OC[C@@H]2CCN2)c1. The number of rotatable bonds is 4. The number of halogens is 1. The van der Waals surface area contributed by atoms with Gasteiger partial charge in [0, 0.05) is 6.04 Å². The van der Waals surface area contributed by atoms with Crippen molar-refractivity contribution < 1.29 is 9.66 Å². The molecule has 16 heavy (non-hydrogen) atoms. The highest BCUT2D eigenvalue weighted by Crippen LogP contribution is 2.17. The number of nitrogens with zero attached hydrogens (tertiary/aromatic N) is 2. The van der Waals surface area contributed by atoms with Gasteiger partial charge in [0.1, 0.15) is 18.6 Å². The summed E-state index contributed by atoms with van der Waals surface area (Å²) in [6, 6.07) is 1.75. The Balaban J connectivity index is 0.00000128. The molecule has 0 aliphatic carbocycles. The van der Waals surface area contributed by atoms with Crippen LogP contribution in [0.15, 0.2) is 18.5 Å². The first-order chi connectivity index (χ1) is 7.25. The minimum absolute atomic E-state index is 0. The third-order valence-electron chi connectivity index (χ3n) is 2.29. The molecule has 1 fully saturated rings. The van der Waals surface area contributed by atoms with Crippen LogP contribution < -0.4 is 10.1 Å². The number of hydrogen-bond donors (Lipinski definition) is 1. The summed E-state index contributed by atoms with van der Waals surface area (Å²) in [4.78, 5) is 13.7. The lowest BCUT2D eigenvalue weighted by atomic mass is 10.1. The fourth-order valence-corrected chi connectivity index (χ4v) is 1.27. The molecule has 2 heterocycles. The third kappa shape index (κ3) is 3.04.